The number of amides is 2. The Morgan fingerprint density at radius 3 is 2.57 bits per heavy atom. The summed E-state index contributed by atoms with van der Waals surface area (Å²) in [5.74, 6) is 0.909. The van der Waals surface area contributed by atoms with Crippen molar-refractivity contribution >= 4 is 35.4 Å². The van der Waals surface area contributed by atoms with E-state index >= 15 is 0 Å². The van der Waals surface area contributed by atoms with Crippen LogP contribution in [-0.4, -0.2) is 38.3 Å². The molecule has 2 aromatic rings. The molecule has 0 spiro atoms. The van der Waals surface area contributed by atoms with E-state index < -0.39 is 6.03 Å². The highest BCUT2D eigenvalue weighted by atomic mass is 16.5. The predicted octanol–water partition coefficient (Wildman–Crippen LogP) is 2.36. The lowest BCUT2D eigenvalue weighted by Gasteiger charge is -2.07. The van der Waals surface area contributed by atoms with Gasteiger partial charge >= 0.3 is 6.03 Å². The maximum atomic E-state index is 11.5. The fourth-order valence-corrected chi connectivity index (χ4v) is 2.38. The third kappa shape index (κ3) is 7.12. The number of nitrogens with one attached hydrogen (secondary N) is 2. The Kier molecular flexibility index (Phi) is 8.13. The van der Waals surface area contributed by atoms with E-state index in [4.69, 9.17) is 16.2 Å². The number of ether oxygens (including phenoxy) is 1. The summed E-state index contributed by atoms with van der Waals surface area (Å²) in [6.45, 7) is 4.32. The summed E-state index contributed by atoms with van der Waals surface area (Å²) in [6.07, 6.45) is 1.62. The Balaban J connectivity index is 2.00. The van der Waals surface area contributed by atoms with Crippen molar-refractivity contribution < 1.29 is 9.53 Å². The molecule has 2 amide bonds. The fourth-order valence-electron chi connectivity index (χ4n) is 2.38. The van der Waals surface area contributed by atoms with E-state index in [0.717, 1.165) is 22.6 Å². The Bertz CT molecular complexity index is 975. The SMILES string of the molecule is C=C(C=NC(=NC)Nc1ccc(OC)cc1)c1cccc(CNC(=O)N=C(N)N)c1. The number of nitrogens with two attached hydrogens (primary N) is 2. The number of guanidine groups is 2. The van der Waals surface area contributed by atoms with E-state index in [9.17, 15) is 4.79 Å². The number of hydrogen-bond donors (Lipinski definition) is 4. The van der Waals surface area contributed by atoms with Crippen LogP contribution in [0.25, 0.3) is 5.57 Å². The predicted molar refractivity (Wildman–Crippen MR) is 122 cm³/mol. The summed E-state index contributed by atoms with van der Waals surface area (Å²) in [5.41, 5.74) is 13.6. The molecule has 0 heterocycles. The molecule has 0 aliphatic heterocycles. The minimum atomic E-state index is -0.603. The monoisotopic (exact) mass is 407 g/mol. The summed E-state index contributed by atoms with van der Waals surface area (Å²) < 4.78 is 5.15. The van der Waals surface area contributed by atoms with Crippen LogP contribution in [0, 0.1) is 0 Å². The molecule has 30 heavy (non-hydrogen) atoms. The van der Waals surface area contributed by atoms with E-state index in [1.165, 1.54) is 0 Å². The molecular weight excluding hydrogens is 382 g/mol. The van der Waals surface area contributed by atoms with Crippen LogP contribution in [0.5, 0.6) is 5.75 Å². The number of hydrogen-bond acceptors (Lipinski definition) is 3. The van der Waals surface area contributed by atoms with Crippen LogP contribution in [0.1, 0.15) is 11.1 Å². The van der Waals surface area contributed by atoms with E-state index in [-0.39, 0.29) is 12.5 Å². The second-order valence-corrected chi connectivity index (χ2v) is 6.08. The van der Waals surface area contributed by atoms with Crippen LogP contribution in [0.15, 0.2) is 70.1 Å². The molecule has 0 unspecified atom stereocenters. The third-order valence-corrected chi connectivity index (χ3v) is 3.87. The fraction of sp³-hybridized carbons (Fsp3) is 0.143. The number of anilines is 1. The highest BCUT2D eigenvalue weighted by Crippen LogP contribution is 2.16. The topological polar surface area (TPSA) is 139 Å². The summed E-state index contributed by atoms with van der Waals surface area (Å²) in [4.78, 5) is 23.4. The standard InChI is InChI=1S/C21H25N7O2/c1-14(12-25-20(24-2)27-17-7-9-18(30-3)10-8-17)16-6-4-5-15(11-16)13-26-21(29)28-19(22)23/h4-12H,1,13H2,2-3H3,(H,24,27)(H5,22,23,26,28,29). The molecule has 0 aliphatic rings. The normalized spacial score (nSPS) is 11.1. The van der Waals surface area contributed by atoms with Gasteiger partial charge in [-0.2, -0.15) is 4.99 Å². The maximum absolute atomic E-state index is 11.5. The Morgan fingerprint density at radius 1 is 1.20 bits per heavy atom. The molecule has 0 radical (unpaired) electrons. The summed E-state index contributed by atoms with van der Waals surface area (Å²) in [6, 6.07) is 14.3. The number of allylic oxidation sites excluding steroid dienone is 1. The van der Waals surface area contributed by atoms with Gasteiger partial charge in [0.15, 0.2) is 5.96 Å². The minimum Gasteiger partial charge on any atom is -0.497 e. The van der Waals surface area contributed by atoms with Crippen LogP contribution < -0.4 is 26.8 Å². The van der Waals surface area contributed by atoms with Crippen molar-refractivity contribution in [2.24, 2.45) is 26.4 Å². The lowest BCUT2D eigenvalue weighted by Crippen LogP contribution is -2.28. The zero-order chi connectivity index (χ0) is 21.9. The van der Waals surface area contributed by atoms with Crippen molar-refractivity contribution in [3.8, 4) is 5.75 Å². The molecule has 0 saturated carbocycles. The number of aliphatic imine (C=N–C) groups is 3. The number of nitrogens with zero attached hydrogens (tertiary/aromatic N) is 3. The van der Waals surface area contributed by atoms with Gasteiger partial charge in [0.2, 0.25) is 5.96 Å². The van der Waals surface area contributed by atoms with Gasteiger partial charge in [-0.15, -0.1) is 0 Å². The number of benzene rings is 2. The van der Waals surface area contributed by atoms with Gasteiger partial charge in [0, 0.05) is 25.5 Å². The van der Waals surface area contributed by atoms with Gasteiger partial charge in [0.25, 0.3) is 0 Å². The Morgan fingerprint density at radius 2 is 1.93 bits per heavy atom. The lowest BCUT2D eigenvalue weighted by molar-refractivity contribution is 0.249. The van der Waals surface area contributed by atoms with Gasteiger partial charge < -0.3 is 26.8 Å². The second kappa shape index (κ2) is 11.0. The summed E-state index contributed by atoms with van der Waals surface area (Å²) in [7, 11) is 3.26. The summed E-state index contributed by atoms with van der Waals surface area (Å²) >= 11 is 0. The van der Waals surface area contributed by atoms with Gasteiger partial charge in [-0.05, 0) is 47.0 Å². The smallest absolute Gasteiger partial charge is 0.344 e. The van der Waals surface area contributed by atoms with Crippen LogP contribution in [-0.2, 0) is 6.54 Å². The van der Waals surface area contributed by atoms with Crippen molar-refractivity contribution in [2.75, 3.05) is 19.5 Å². The molecule has 0 fully saturated rings. The average molecular weight is 407 g/mol. The number of rotatable bonds is 6. The quantitative estimate of drug-likeness (QED) is 0.430. The summed E-state index contributed by atoms with van der Waals surface area (Å²) in [5, 5.41) is 5.73. The number of methoxy groups -OCH3 is 1. The van der Waals surface area contributed by atoms with E-state index in [0.29, 0.717) is 11.5 Å². The molecule has 0 saturated heterocycles. The number of carbonyl (C=O) groups is 1. The van der Waals surface area contributed by atoms with Gasteiger partial charge in [-0.3, -0.25) is 4.99 Å². The Labute approximate surface area is 175 Å². The lowest BCUT2D eigenvalue weighted by atomic mass is 10.1. The van der Waals surface area contributed by atoms with Crippen molar-refractivity contribution in [3.63, 3.8) is 0 Å². The highest BCUT2D eigenvalue weighted by molar-refractivity contribution is 6.14. The molecule has 9 heteroatoms. The van der Waals surface area contributed by atoms with Crippen molar-refractivity contribution in [3.05, 3.63) is 66.2 Å². The Hall–Kier alpha value is -4.14. The first kappa shape index (κ1) is 22.2. The molecule has 9 nitrogen and oxygen atoms in total. The highest BCUT2D eigenvalue weighted by Gasteiger charge is 2.03. The third-order valence-electron chi connectivity index (χ3n) is 3.87. The molecule has 0 atom stereocenters. The molecule has 156 valence electrons. The van der Waals surface area contributed by atoms with Crippen LogP contribution in [0.4, 0.5) is 10.5 Å². The maximum Gasteiger partial charge on any atom is 0.344 e. The molecule has 6 N–H and O–H groups in total. The molecule has 2 rings (SSSR count). The van der Waals surface area contributed by atoms with E-state index in [1.54, 1.807) is 20.4 Å². The molecule has 0 aromatic heterocycles. The van der Waals surface area contributed by atoms with Crippen LogP contribution in [0.2, 0.25) is 0 Å². The van der Waals surface area contributed by atoms with Gasteiger partial charge in [-0.25, -0.2) is 9.79 Å². The molecule has 0 bridgehead atoms. The first-order valence-corrected chi connectivity index (χ1v) is 8.99. The van der Waals surface area contributed by atoms with Crippen molar-refractivity contribution in [2.45, 2.75) is 6.54 Å². The van der Waals surface area contributed by atoms with E-state index in [2.05, 4.69) is 32.2 Å². The minimum absolute atomic E-state index is 0.272. The van der Waals surface area contributed by atoms with Gasteiger partial charge in [-0.1, -0.05) is 24.8 Å². The van der Waals surface area contributed by atoms with Gasteiger partial charge in [0.05, 0.1) is 7.11 Å². The largest absolute Gasteiger partial charge is 0.497 e. The molecule has 2 aromatic carbocycles. The molecular formula is C21H25N7O2. The van der Waals surface area contributed by atoms with Gasteiger partial charge in [0.1, 0.15) is 5.75 Å². The zero-order valence-electron chi connectivity index (χ0n) is 16.9. The molecule has 0 aliphatic carbocycles. The number of carbonyl (C=O) groups excluding carboxylic acids is 1. The van der Waals surface area contributed by atoms with Crippen molar-refractivity contribution in [1.82, 2.24) is 5.32 Å². The number of urea groups is 1. The van der Waals surface area contributed by atoms with E-state index in [1.807, 2.05) is 48.5 Å². The second-order valence-electron chi connectivity index (χ2n) is 6.08. The van der Waals surface area contributed by atoms with Crippen LogP contribution in [0.3, 0.4) is 0 Å². The first-order valence-electron chi connectivity index (χ1n) is 8.99. The average Bonchev–Trinajstić information content (AvgIpc) is 2.75. The van der Waals surface area contributed by atoms with Crippen molar-refractivity contribution in [1.29, 1.82) is 0 Å². The zero-order valence-corrected chi connectivity index (χ0v) is 16.9. The first-order chi connectivity index (χ1) is 14.4. The van der Waals surface area contributed by atoms with Crippen LogP contribution >= 0.6 is 0 Å².